The van der Waals surface area contributed by atoms with Crippen LogP contribution < -0.4 is 10.3 Å². The van der Waals surface area contributed by atoms with E-state index in [-0.39, 0.29) is 5.56 Å². The van der Waals surface area contributed by atoms with E-state index < -0.39 is 0 Å². The fourth-order valence-corrected chi connectivity index (χ4v) is 1.81. The number of hydrogen-bond donors (Lipinski definition) is 0. The van der Waals surface area contributed by atoms with Gasteiger partial charge in [0, 0.05) is 11.8 Å². The standard InChI is InChI=1S/C15H17NO2/c1-12-6-3-4-8-14(12)18-11-10-16-9-5-7-13(2)15(16)17/h3-9H,10-11H2,1-2H3. The molecule has 2 rings (SSSR count). The highest BCUT2D eigenvalue weighted by Gasteiger charge is 2.00. The predicted octanol–water partition coefficient (Wildman–Crippen LogP) is 2.54. The first kappa shape index (κ1) is 12.4. The van der Waals surface area contributed by atoms with Gasteiger partial charge in [0.2, 0.25) is 0 Å². The van der Waals surface area contributed by atoms with Gasteiger partial charge < -0.3 is 9.30 Å². The summed E-state index contributed by atoms with van der Waals surface area (Å²) < 4.78 is 7.35. The van der Waals surface area contributed by atoms with Gasteiger partial charge in [-0.3, -0.25) is 4.79 Å². The minimum atomic E-state index is 0.0471. The number of rotatable bonds is 4. The lowest BCUT2D eigenvalue weighted by molar-refractivity contribution is 0.294. The van der Waals surface area contributed by atoms with Crippen LogP contribution in [0.4, 0.5) is 0 Å². The fraction of sp³-hybridized carbons (Fsp3) is 0.267. The molecule has 1 heterocycles. The monoisotopic (exact) mass is 243 g/mol. The summed E-state index contributed by atoms with van der Waals surface area (Å²) in [6, 6.07) is 11.6. The normalized spacial score (nSPS) is 10.3. The Labute approximate surface area is 107 Å². The number of benzene rings is 1. The van der Waals surface area contributed by atoms with Crippen LogP contribution >= 0.6 is 0 Å². The van der Waals surface area contributed by atoms with E-state index in [1.165, 1.54) is 0 Å². The maximum atomic E-state index is 11.8. The second kappa shape index (κ2) is 5.54. The van der Waals surface area contributed by atoms with E-state index in [9.17, 15) is 4.79 Å². The van der Waals surface area contributed by atoms with Crippen molar-refractivity contribution in [3.05, 3.63) is 64.1 Å². The third kappa shape index (κ3) is 2.80. The van der Waals surface area contributed by atoms with Crippen LogP contribution in [-0.2, 0) is 6.54 Å². The molecule has 2 aromatic rings. The van der Waals surface area contributed by atoms with Gasteiger partial charge in [-0.25, -0.2) is 0 Å². The number of ether oxygens (including phenoxy) is 1. The van der Waals surface area contributed by atoms with E-state index in [4.69, 9.17) is 4.74 Å². The zero-order valence-corrected chi connectivity index (χ0v) is 10.7. The number of pyridine rings is 1. The molecule has 0 fully saturated rings. The maximum Gasteiger partial charge on any atom is 0.253 e. The average molecular weight is 243 g/mol. The highest BCUT2D eigenvalue weighted by molar-refractivity contribution is 5.31. The van der Waals surface area contributed by atoms with Gasteiger partial charge in [0.05, 0.1) is 6.54 Å². The molecule has 0 unspecified atom stereocenters. The number of aryl methyl sites for hydroxylation is 2. The van der Waals surface area contributed by atoms with Crippen LogP contribution in [0.5, 0.6) is 5.75 Å². The zero-order valence-electron chi connectivity index (χ0n) is 10.7. The van der Waals surface area contributed by atoms with E-state index in [0.717, 1.165) is 16.9 Å². The predicted molar refractivity (Wildman–Crippen MR) is 72.1 cm³/mol. The molecule has 0 saturated carbocycles. The van der Waals surface area contributed by atoms with Gasteiger partial charge in [-0.1, -0.05) is 24.3 Å². The Balaban J connectivity index is 1.99. The average Bonchev–Trinajstić information content (AvgIpc) is 2.37. The van der Waals surface area contributed by atoms with Crippen LogP contribution in [0.25, 0.3) is 0 Å². The molecule has 3 heteroatoms. The van der Waals surface area contributed by atoms with Crippen molar-refractivity contribution in [3.8, 4) is 5.75 Å². The molecule has 18 heavy (non-hydrogen) atoms. The molecule has 0 atom stereocenters. The molecule has 0 radical (unpaired) electrons. The second-order valence-electron chi connectivity index (χ2n) is 4.30. The van der Waals surface area contributed by atoms with Gasteiger partial charge in [0.15, 0.2) is 0 Å². The molecule has 94 valence electrons. The highest BCUT2D eigenvalue weighted by Crippen LogP contribution is 2.15. The molecular formula is C15H17NO2. The first-order valence-corrected chi connectivity index (χ1v) is 6.03. The van der Waals surface area contributed by atoms with Crippen LogP contribution in [0.15, 0.2) is 47.4 Å². The van der Waals surface area contributed by atoms with Gasteiger partial charge in [-0.05, 0) is 31.5 Å². The lowest BCUT2D eigenvalue weighted by atomic mass is 10.2. The van der Waals surface area contributed by atoms with Crippen molar-refractivity contribution < 1.29 is 4.74 Å². The van der Waals surface area contributed by atoms with Gasteiger partial charge >= 0.3 is 0 Å². The SMILES string of the molecule is Cc1ccccc1OCCn1cccc(C)c1=O. The van der Waals surface area contributed by atoms with Crippen molar-refractivity contribution >= 4 is 0 Å². The molecule has 1 aromatic carbocycles. The lowest BCUT2D eigenvalue weighted by Gasteiger charge is -2.10. The van der Waals surface area contributed by atoms with E-state index in [2.05, 4.69) is 0 Å². The third-order valence-electron chi connectivity index (χ3n) is 2.89. The molecule has 0 aliphatic carbocycles. The van der Waals surface area contributed by atoms with Crippen molar-refractivity contribution in [1.29, 1.82) is 0 Å². The Hall–Kier alpha value is -2.03. The van der Waals surface area contributed by atoms with Crippen LogP contribution in [0.2, 0.25) is 0 Å². The first-order valence-electron chi connectivity index (χ1n) is 6.03. The number of nitrogens with zero attached hydrogens (tertiary/aromatic N) is 1. The summed E-state index contributed by atoms with van der Waals surface area (Å²) in [5, 5.41) is 0. The lowest BCUT2D eigenvalue weighted by Crippen LogP contribution is -2.24. The van der Waals surface area contributed by atoms with E-state index in [0.29, 0.717) is 13.2 Å². The van der Waals surface area contributed by atoms with Gasteiger partial charge in [0.25, 0.3) is 5.56 Å². The van der Waals surface area contributed by atoms with Crippen LogP contribution in [-0.4, -0.2) is 11.2 Å². The summed E-state index contributed by atoms with van der Waals surface area (Å²) in [5.74, 6) is 0.873. The molecule has 1 aromatic heterocycles. The molecule has 0 aliphatic rings. The number of para-hydroxylation sites is 1. The fourth-order valence-electron chi connectivity index (χ4n) is 1.81. The topological polar surface area (TPSA) is 31.2 Å². The Bertz CT molecular complexity index is 587. The molecule has 0 saturated heterocycles. The van der Waals surface area contributed by atoms with Crippen LogP contribution in [0.1, 0.15) is 11.1 Å². The third-order valence-corrected chi connectivity index (χ3v) is 2.89. The Morgan fingerprint density at radius 1 is 1.06 bits per heavy atom. The van der Waals surface area contributed by atoms with Gasteiger partial charge in [-0.15, -0.1) is 0 Å². The van der Waals surface area contributed by atoms with E-state index in [1.54, 1.807) is 10.8 Å². The van der Waals surface area contributed by atoms with Crippen molar-refractivity contribution in [2.75, 3.05) is 6.61 Å². The van der Waals surface area contributed by atoms with Gasteiger partial charge in [0.1, 0.15) is 12.4 Å². The number of aromatic nitrogens is 1. The summed E-state index contributed by atoms with van der Waals surface area (Å²) in [5.41, 5.74) is 1.91. The molecule has 3 nitrogen and oxygen atoms in total. The number of hydrogen-bond acceptors (Lipinski definition) is 2. The van der Waals surface area contributed by atoms with Crippen LogP contribution in [0.3, 0.4) is 0 Å². The Kier molecular flexibility index (Phi) is 3.82. The summed E-state index contributed by atoms with van der Waals surface area (Å²) in [4.78, 5) is 11.8. The van der Waals surface area contributed by atoms with Crippen molar-refractivity contribution in [1.82, 2.24) is 4.57 Å². The smallest absolute Gasteiger partial charge is 0.253 e. The first-order chi connectivity index (χ1) is 8.68. The van der Waals surface area contributed by atoms with Crippen molar-refractivity contribution in [2.45, 2.75) is 20.4 Å². The quantitative estimate of drug-likeness (QED) is 0.826. The van der Waals surface area contributed by atoms with Crippen molar-refractivity contribution in [2.24, 2.45) is 0 Å². The Morgan fingerprint density at radius 3 is 2.56 bits per heavy atom. The van der Waals surface area contributed by atoms with Crippen LogP contribution in [0, 0.1) is 13.8 Å². The summed E-state index contributed by atoms with van der Waals surface area (Å²) in [7, 11) is 0. The largest absolute Gasteiger partial charge is 0.491 e. The summed E-state index contributed by atoms with van der Waals surface area (Å²) in [6.45, 7) is 4.89. The molecule has 0 aliphatic heterocycles. The summed E-state index contributed by atoms with van der Waals surface area (Å²) >= 11 is 0. The molecule has 0 spiro atoms. The van der Waals surface area contributed by atoms with Crippen molar-refractivity contribution in [3.63, 3.8) is 0 Å². The summed E-state index contributed by atoms with van der Waals surface area (Å²) in [6.07, 6.45) is 1.79. The zero-order chi connectivity index (χ0) is 13.0. The second-order valence-corrected chi connectivity index (χ2v) is 4.30. The highest BCUT2D eigenvalue weighted by atomic mass is 16.5. The Morgan fingerprint density at radius 2 is 1.78 bits per heavy atom. The minimum Gasteiger partial charge on any atom is -0.491 e. The minimum absolute atomic E-state index is 0.0471. The van der Waals surface area contributed by atoms with E-state index >= 15 is 0 Å². The van der Waals surface area contributed by atoms with E-state index in [1.807, 2.05) is 50.2 Å². The van der Waals surface area contributed by atoms with Gasteiger partial charge in [-0.2, -0.15) is 0 Å². The molecule has 0 amide bonds. The molecule has 0 N–H and O–H groups in total. The molecular weight excluding hydrogens is 226 g/mol. The molecule has 0 bridgehead atoms. The maximum absolute atomic E-state index is 11.8.